The van der Waals surface area contributed by atoms with Crippen LogP contribution in [-0.2, 0) is 25.7 Å². The number of ether oxygens (including phenoxy) is 4. The zero-order chi connectivity index (χ0) is 35.8. The monoisotopic (exact) mass is 748 g/mol. The molecule has 0 heterocycles. The van der Waals surface area contributed by atoms with Gasteiger partial charge in [0, 0.05) is 6.07 Å². The Kier molecular flexibility index (Phi) is 14.9. The molecular weight excluding hydrogens is 696 g/mol. The Labute approximate surface area is 314 Å². The highest BCUT2D eigenvalue weighted by Crippen LogP contribution is 2.52. The van der Waals surface area contributed by atoms with Crippen LogP contribution < -0.4 is 18.9 Å². The highest BCUT2D eigenvalue weighted by molar-refractivity contribution is 9.10. The average molecular weight is 750 g/mol. The molecule has 5 heteroatoms. The van der Waals surface area contributed by atoms with Gasteiger partial charge in [-0.15, -0.1) is 0 Å². The summed E-state index contributed by atoms with van der Waals surface area (Å²) in [6.07, 6.45) is 13.5. The fourth-order valence-electron chi connectivity index (χ4n) is 5.82. The van der Waals surface area contributed by atoms with Gasteiger partial charge in [-0.05, 0) is 138 Å². The summed E-state index contributed by atoms with van der Waals surface area (Å²) in [6.45, 7) is 8.86. The van der Waals surface area contributed by atoms with Crippen LogP contribution in [0.2, 0.25) is 0 Å². The lowest BCUT2D eigenvalue weighted by Crippen LogP contribution is -1.98. The Bertz CT molecular complexity index is 1630. The van der Waals surface area contributed by atoms with E-state index in [0.29, 0.717) is 50.5 Å². The molecule has 0 bridgehead atoms. The maximum Gasteiger partial charge on any atom is 0.188 e. The van der Waals surface area contributed by atoms with E-state index < -0.39 is 0 Å². The first-order valence-electron chi connectivity index (χ1n) is 18.9. The maximum absolute atomic E-state index is 6.64. The van der Waals surface area contributed by atoms with Gasteiger partial charge in [-0.25, -0.2) is 0 Å². The van der Waals surface area contributed by atoms with Crippen LogP contribution in [0, 0.1) is 0 Å². The van der Waals surface area contributed by atoms with Crippen LogP contribution >= 0.6 is 15.9 Å². The Morgan fingerprint density at radius 1 is 0.373 bits per heavy atom. The molecule has 0 atom stereocenters. The molecule has 0 aliphatic rings. The van der Waals surface area contributed by atoms with Crippen molar-refractivity contribution in [2.45, 2.75) is 105 Å². The van der Waals surface area contributed by atoms with Crippen molar-refractivity contribution < 1.29 is 18.9 Å². The molecule has 0 aliphatic heterocycles. The fourth-order valence-corrected chi connectivity index (χ4v) is 6.37. The molecule has 5 aromatic carbocycles. The van der Waals surface area contributed by atoms with Gasteiger partial charge in [0.05, 0.1) is 0 Å². The van der Waals surface area contributed by atoms with Crippen molar-refractivity contribution in [3.8, 4) is 46.0 Å². The Morgan fingerprint density at radius 3 is 0.882 bits per heavy atom. The molecule has 0 aliphatic carbocycles. The number of rotatable bonds is 20. The quantitative estimate of drug-likeness (QED) is 0.0794. The number of hydrogen-bond donors (Lipinski definition) is 0. The first-order chi connectivity index (χ1) is 25.0. The van der Waals surface area contributed by atoms with E-state index in [4.69, 9.17) is 18.9 Å². The summed E-state index contributed by atoms with van der Waals surface area (Å²) in [6, 6.07) is 35.1. The minimum absolute atomic E-state index is 0.503. The average Bonchev–Trinajstić information content (AvgIpc) is 3.16. The van der Waals surface area contributed by atoms with E-state index in [1.165, 1.54) is 22.3 Å². The predicted molar refractivity (Wildman–Crippen MR) is 215 cm³/mol. The molecule has 268 valence electrons. The molecule has 0 radical (unpaired) electrons. The second kappa shape index (κ2) is 20.0. The first-order valence-corrected chi connectivity index (χ1v) is 19.7. The Hall–Kier alpha value is -4.22. The molecule has 51 heavy (non-hydrogen) atoms. The highest BCUT2D eigenvalue weighted by Gasteiger charge is 2.24. The lowest BCUT2D eigenvalue weighted by molar-refractivity contribution is 0.387. The van der Waals surface area contributed by atoms with Crippen LogP contribution in [0.25, 0.3) is 0 Å². The Balaban J connectivity index is 1.55. The molecule has 0 unspecified atom stereocenters. The maximum atomic E-state index is 6.64. The van der Waals surface area contributed by atoms with Gasteiger partial charge in [0.1, 0.15) is 27.5 Å². The number of halogens is 1. The van der Waals surface area contributed by atoms with Crippen molar-refractivity contribution in [3.05, 3.63) is 130 Å². The summed E-state index contributed by atoms with van der Waals surface area (Å²) in [5.74, 6) is 4.86. The lowest BCUT2D eigenvalue weighted by atomic mass is 10.1. The van der Waals surface area contributed by atoms with Crippen LogP contribution in [0.3, 0.4) is 0 Å². The van der Waals surface area contributed by atoms with E-state index in [9.17, 15) is 0 Å². The standard InChI is InChI=1S/C46H53BrO4/c1-5-9-13-34-17-25-38(26-18-34)48-42-33-43(49-39-27-19-35(20-28-39)14-10-6-2)46(51-41-31-23-37(24-32-41)16-12-8-4)44(47)45(42)50-40-29-21-36(22-30-40)15-11-7-3/h17-33H,5-16H2,1-4H3. The SMILES string of the molecule is CCCCc1ccc(Oc2cc(Oc3ccc(CCCC)cc3)c(Oc3ccc(CCCC)cc3)c(Br)c2Oc2ccc(CCCC)cc2)cc1. The number of unbranched alkanes of at least 4 members (excludes halogenated alkanes) is 4. The molecule has 0 saturated carbocycles. The number of aryl methyl sites for hydroxylation is 4. The molecule has 0 aromatic heterocycles. The minimum Gasteiger partial charge on any atom is -0.453 e. The van der Waals surface area contributed by atoms with Gasteiger partial charge in [-0.3, -0.25) is 0 Å². The van der Waals surface area contributed by atoms with Crippen molar-refractivity contribution in [2.75, 3.05) is 0 Å². The van der Waals surface area contributed by atoms with Crippen molar-refractivity contribution in [2.24, 2.45) is 0 Å². The summed E-state index contributed by atoms with van der Waals surface area (Å²) in [5.41, 5.74) is 5.17. The van der Waals surface area contributed by atoms with Crippen molar-refractivity contribution >= 4 is 15.9 Å². The largest absolute Gasteiger partial charge is 0.453 e. The molecular formula is C46H53BrO4. The van der Waals surface area contributed by atoms with E-state index >= 15 is 0 Å². The summed E-state index contributed by atoms with van der Waals surface area (Å²) < 4.78 is 27.1. The molecule has 0 spiro atoms. The van der Waals surface area contributed by atoms with Gasteiger partial charge in [-0.2, -0.15) is 0 Å². The van der Waals surface area contributed by atoms with Crippen molar-refractivity contribution in [3.63, 3.8) is 0 Å². The van der Waals surface area contributed by atoms with E-state index in [-0.39, 0.29) is 0 Å². The van der Waals surface area contributed by atoms with Gasteiger partial charge in [0.2, 0.25) is 0 Å². The van der Waals surface area contributed by atoms with Crippen LogP contribution in [0.5, 0.6) is 46.0 Å². The molecule has 0 fully saturated rings. The molecule has 0 amide bonds. The highest BCUT2D eigenvalue weighted by atomic mass is 79.9. The van der Waals surface area contributed by atoms with E-state index in [1.807, 2.05) is 54.6 Å². The first kappa shape index (κ1) is 38.0. The number of hydrogen-bond acceptors (Lipinski definition) is 4. The third-order valence-electron chi connectivity index (χ3n) is 8.97. The molecule has 5 rings (SSSR count). The van der Waals surface area contributed by atoms with Crippen LogP contribution in [0.1, 0.15) is 101 Å². The van der Waals surface area contributed by atoms with Crippen LogP contribution in [-0.4, -0.2) is 0 Å². The third-order valence-corrected chi connectivity index (χ3v) is 9.69. The Morgan fingerprint density at radius 2 is 0.627 bits per heavy atom. The predicted octanol–water partition coefficient (Wildman–Crippen LogP) is 15.0. The molecule has 5 aromatic rings. The topological polar surface area (TPSA) is 36.9 Å². The zero-order valence-electron chi connectivity index (χ0n) is 30.8. The van der Waals surface area contributed by atoms with Crippen molar-refractivity contribution in [1.82, 2.24) is 0 Å². The van der Waals surface area contributed by atoms with Gasteiger partial charge in [-0.1, -0.05) is 102 Å². The van der Waals surface area contributed by atoms with Crippen LogP contribution in [0.15, 0.2) is 108 Å². The summed E-state index contributed by atoms with van der Waals surface area (Å²) in [7, 11) is 0. The zero-order valence-corrected chi connectivity index (χ0v) is 32.4. The minimum atomic E-state index is 0.503. The van der Waals surface area contributed by atoms with Gasteiger partial charge in [0.25, 0.3) is 0 Å². The summed E-state index contributed by atoms with van der Waals surface area (Å²) in [5, 5.41) is 0. The normalized spacial score (nSPS) is 11.0. The van der Waals surface area contributed by atoms with Crippen LogP contribution in [0.4, 0.5) is 0 Å². The molecule has 4 nitrogen and oxygen atoms in total. The van der Waals surface area contributed by atoms with Crippen molar-refractivity contribution in [1.29, 1.82) is 0 Å². The molecule has 0 N–H and O–H groups in total. The fraction of sp³-hybridized carbons (Fsp3) is 0.348. The lowest BCUT2D eigenvalue weighted by Gasteiger charge is -2.20. The van der Waals surface area contributed by atoms with E-state index in [2.05, 4.69) is 92.2 Å². The smallest absolute Gasteiger partial charge is 0.188 e. The van der Waals surface area contributed by atoms with E-state index in [0.717, 1.165) is 77.0 Å². The van der Waals surface area contributed by atoms with Gasteiger partial charge < -0.3 is 18.9 Å². The van der Waals surface area contributed by atoms with E-state index in [1.54, 1.807) is 0 Å². The molecule has 0 saturated heterocycles. The second-order valence-corrected chi connectivity index (χ2v) is 14.0. The second-order valence-electron chi connectivity index (χ2n) is 13.2. The summed E-state index contributed by atoms with van der Waals surface area (Å²) >= 11 is 3.89. The summed E-state index contributed by atoms with van der Waals surface area (Å²) in [4.78, 5) is 0. The van der Waals surface area contributed by atoms with Gasteiger partial charge in [0.15, 0.2) is 23.0 Å². The number of benzene rings is 5. The van der Waals surface area contributed by atoms with Gasteiger partial charge >= 0.3 is 0 Å². The third kappa shape index (κ3) is 11.4.